The summed E-state index contributed by atoms with van der Waals surface area (Å²) in [4.78, 5) is 6.12. The number of guanidine groups is 1. The third-order valence-electron chi connectivity index (χ3n) is 4.82. The Morgan fingerprint density at radius 3 is 2.52 bits per heavy atom. The Morgan fingerprint density at radius 2 is 1.85 bits per heavy atom. The minimum absolute atomic E-state index is 0. The third kappa shape index (κ3) is 6.57. The van der Waals surface area contributed by atoms with Crippen molar-refractivity contribution in [2.75, 3.05) is 26.7 Å². The minimum Gasteiger partial charge on any atom is -0.354 e. The molecule has 2 aromatic carbocycles. The molecule has 0 atom stereocenters. The highest BCUT2D eigenvalue weighted by atomic mass is 127. The molecule has 1 saturated heterocycles. The van der Waals surface area contributed by atoms with Crippen molar-refractivity contribution >= 4 is 40.7 Å². The Hall–Kier alpha value is -1.48. The number of likely N-dealkylation sites (tertiary alicyclic amines) is 1. The van der Waals surface area contributed by atoms with Crippen LogP contribution in [-0.4, -0.2) is 50.0 Å². The summed E-state index contributed by atoms with van der Waals surface area (Å²) in [6.45, 7) is 1.96. The summed E-state index contributed by atoms with van der Waals surface area (Å²) in [5.74, 6) is 0.755. The lowest BCUT2D eigenvalue weighted by Gasteiger charge is -2.32. The standard InChI is InChI=1S/C20H26F2N4.HI/c1-23-20(25-18-8-10-26(11-9-18)14-19(21)22)24-13-15-6-7-16-4-2-3-5-17(16)12-15;/h2-7,12,18-19H,8-11,13-14H2,1H3,(H2,23,24,25);1H. The largest absolute Gasteiger partial charge is 0.354 e. The molecule has 1 aliphatic heterocycles. The average Bonchev–Trinajstić information content (AvgIpc) is 2.66. The van der Waals surface area contributed by atoms with Gasteiger partial charge in [0.15, 0.2) is 5.96 Å². The smallest absolute Gasteiger partial charge is 0.251 e. The van der Waals surface area contributed by atoms with Crippen molar-refractivity contribution in [1.82, 2.24) is 15.5 Å². The predicted molar refractivity (Wildman–Crippen MR) is 118 cm³/mol. The van der Waals surface area contributed by atoms with E-state index >= 15 is 0 Å². The first kappa shape index (κ1) is 21.8. The van der Waals surface area contributed by atoms with Crippen LogP contribution in [0.5, 0.6) is 0 Å². The van der Waals surface area contributed by atoms with Crippen LogP contribution in [0.15, 0.2) is 47.5 Å². The molecule has 3 rings (SSSR count). The number of piperidine rings is 1. The Balaban J connectivity index is 0.00000261. The van der Waals surface area contributed by atoms with E-state index in [0.29, 0.717) is 19.6 Å². The number of hydrogen-bond acceptors (Lipinski definition) is 2. The fourth-order valence-electron chi connectivity index (χ4n) is 3.38. The lowest BCUT2D eigenvalue weighted by Crippen LogP contribution is -2.49. The van der Waals surface area contributed by atoms with Crippen LogP contribution in [0.3, 0.4) is 0 Å². The Bertz CT molecular complexity index is 746. The fraction of sp³-hybridized carbons (Fsp3) is 0.450. The van der Waals surface area contributed by atoms with Crippen LogP contribution in [0.2, 0.25) is 0 Å². The van der Waals surface area contributed by atoms with Gasteiger partial charge in [0.2, 0.25) is 0 Å². The van der Waals surface area contributed by atoms with E-state index in [1.165, 1.54) is 16.3 Å². The molecule has 0 radical (unpaired) electrons. The van der Waals surface area contributed by atoms with Crippen LogP contribution in [0.25, 0.3) is 10.8 Å². The second kappa shape index (κ2) is 10.8. The molecule has 0 unspecified atom stereocenters. The number of halogens is 3. The van der Waals surface area contributed by atoms with Gasteiger partial charge in [-0.05, 0) is 35.2 Å². The number of aliphatic imine (C=N–C) groups is 1. The summed E-state index contributed by atoms with van der Waals surface area (Å²) in [5, 5.41) is 9.21. The molecule has 0 saturated carbocycles. The summed E-state index contributed by atoms with van der Waals surface area (Å²) in [6, 6.07) is 15.0. The number of benzene rings is 2. The Morgan fingerprint density at radius 1 is 1.15 bits per heavy atom. The number of nitrogens with zero attached hydrogens (tertiary/aromatic N) is 2. The predicted octanol–water partition coefficient (Wildman–Crippen LogP) is 3.85. The van der Waals surface area contributed by atoms with Gasteiger partial charge in [-0.1, -0.05) is 36.4 Å². The zero-order valence-electron chi connectivity index (χ0n) is 15.5. The van der Waals surface area contributed by atoms with E-state index in [9.17, 15) is 8.78 Å². The number of alkyl halides is 2. The topological polar surface area (TPSA) is 39.7 Å². The Labute approximate surface area is 176 Å². The molecule has 2 aromatic rings. The molecule has 7 heteroatoms. The van der Waals surface area contributed by atoms with Crippen LogP contribution >= 0.6 is 24.0 Å². The molecule has 1 heterocycles. The van der Waals surface area contributed by atoms with Gasteiger partial charge in [-0.3, -0.25) is 9.89 Å². The monoisotopic (exact) mass is 488 g/mol. The van der Waals surface area contributed by atoms with Crippen molar-refractivity contribution in [2.45, 2.75) is 31.9 Å². The second-order valence-electron chi connectivity index (χ2n) is 6.72. The minimum atomic E-state index is -2.25. The van der Waals surface area contributed by atoms with Crippen molar-refractivity contribution in [3.05, 3.63) is 48.0 Å². The first-order valence-corrected chi connectivity index (χ1v) is 9.09. The quantitative estimate of drug-likeness (QED) is 0.382. The Kier molecular flexibility index (Phi) is 8.69. The zero-order chi connectivity index (χ0) is 18.4. The highest BCUT2D eigenvalue weighted by Crippen LogP contribution is 2.15. The van der Waals surface area contributed by atoms with Crippen molar-refractivity contribution < 1.29 is 8.78 Å². The van der Waals surface area contributed by atoms with Gasteiger partial charge in [0.1, 0.15) is 0 Å². The van der Waals surface area contributed by atoms with Gasteiger partial charge in [0, 0.05) is 32.7 Å². The van der Waals surface area contributed by atoms with Crippen LogP contribution in [0.1, 0.15) is 18.4 Å². The normalized spacial score (nSPS) is 16.4. The fourth-order valence-corrected chi connectivity index (χ4v) is 3.38. The number of fused-ring (bicyclic) bond motifs is 1. The van der Waals surface area contributed by atoms with E-state index < -0.39 is 6.43 Å². The highest BCUT2D eigenvalue weighted by molar-refractivity contribution is 14.0. The maximum atomic E-state index is 12.5. The van der Waals surface area contributed by atoms with E-state index in [1.807, 2.05) is 17.0 Å². The molecule has 148 valence electrons. The maximum absolute atomic E-state index is 12.5. The van der Waals surface area contributed by atoms with E-state index in [2.05, 4.69) is 46.0 Å². The molecule has 0 aromatic heterocycles. The molecule has 4 nitrogen and oxygen atoms in total. The van der Waals surface area contributed by atoms with Gasteiger partial charge in [-0.15, -0.1) is 24.0 Å². The molecule has 0 spiro atoms. The van der Waals surface area contributed by atoms with E-state index in [4.69, 9.17) is 0 Å². The number of nitrogens with one attached hydrogen (secondary N) is 2. The average molecular weight is 488 g/mol. The zero-order valence-corrected chi connectivity index (χ0v) is 17.8. The SMILES string of the molecule is CN=C(NCc1ccc2ccccc2c1)NC1CCN(CC(F)F)CC1.I. The highest BCUT2D eigenvalue weighted by Gasteiger charge is 2.21. The first-order chi connectivity index (χ1) is 12.6. The lowest BCUT2D eigenvalue weighted by molar-refractivity contribution is 0.0744. The van der Waals surface area contributed by atoms with Gasteiger partial charge in [0.05, 0.1) is 6.54 Å². The summed E-state index contributed by atoms with van der Waals surface area (Å²) in [7, 11) is 1.75. The van der Waals surface area contributed by atoms with E-state index in [0.717, 1.165) is 18.8 Å². The molecule has 0 aliphatic carbocycles. The second-order valence-corrected chi connectivity index (χ2v) is 6.72. The van der Waals surface area contributed by atoms with E-state index in [-0.39, 0.29) is 36.6 Å². The number of hydrogen-bond donors (Lipinski definition) is 2. The van der Waals surface area contributed by atoms with Gasteiger partial charge >= 0.3 is 0 Å². The van der Waals surface area contributed by atoms with Gasteiger partial charge in [0.25, 0.3) is 6.43 Å². The van der Waals surface area contributed by atoms with Gasteiger partial charge in [-0.25, -0.2) is 8.78 Å². The van der Waals surface area contributed by atoms with Crippen molar-refractivity contribution in [2.24, 2.45) is 4.99 Å². The molecule has 2 N–H and O–H groups in total. The molecule has 27 heavy (non-hydrogen) atoms. The lowest BCUT2D eigenvalue weighted by atomic mass is 10.1. The van der Waals surface area contributed by atoms with Crippen LogP contribution in [0.4, 0.5) is 8.78 Å². The van der Waals surface area contributed by atoms with Crippen molar-refractivity contribution in [3.8, 4) is 0 Å². The summed E-state index contributed by atoms with van der Waals surface area (Å²) in [5.41, 5.74) is 1.19. The number of rotatable bonds is 5. The summed E-state index contributed by atoms with van der Waals surface area (Å²) >= 11 is 0. The van der Waals surface area contributed by atoms with E-state index in [1.54, 1.807) is 7.05 Å². The summed E-state index contributed by atoms with van der Waals surface area (Å²) in [6.07, 6.45) is -0.553. The van der Waals surface area contributed by atoms with Crippen molar-refractivity contribution in [3.63, 3.8) is 0 Å². The van der Waals surface area contributed by atoms with Crippen molar-refractivity contribution in [1.29, 1.82) is 0 Å². The maximum Gasteiger partial charge on any atom is 0.251 e. The summed E-state index contributed by atoms with van der Waals surface area (Å²) < 4.78 is 24.9. The van der Waals surface area contributed by atoms with Gasteiger partial charge in [-0.2, -0.15) is 0 Å². The van der Waals surface area contributed by atoms with Gasteiger partial charge < -0.3 is 10.6 Å². The third-order valence-corrected chi connectivity index (χ3v) is 4.82. The van der Waals surface area contributed by atoms with Crippen LogP contribution in [-0.2, 0) is 6.54 Å². The molecule has 1 fully saturated rings. The molecule has 1 aliphatic rings. The van der Waals surface area contributed by atoms with Crippen LogP contribution < -0.4 is 10.6 Å². The first-order valence-electron chi connectivity index (χ1n) is 9.09. The molecular formula is C20H27F2IN4. The molecular weight excluding hydrogens is 461 g/mol. The molecule has 0 amide bonds. The molecule has 0 bridgehead atoms. The van der Waals surface area contributed by atoms with Crippen LogP contribution in [0, 0.1) is 0 Å².